The van der Waals surface area contributed by atoms with Crippen LogP contribution in [0.15, 0.2) is 24.3 Å². The van der Waals surface area contributed by atoms with Crippen LogP contribution in [0.2, 0.25) is 0 Å². The Morgan fingerprint density at radius 1 is 0.593 bits per heavy atom. The number of hydrogen-bond donors (Lipinski definition) is 0. The van der Waals surface area contributed by atoms with Gasteiger partial charge in [0.25, 0.3) is 0 Å². The topological polar surface area (TPSA) is 0 Å². The summed E-state index contributed by atoms with van der Waals surface area (Å²) >= 11 is -0.106. The molecule has 168 valence electrons. The fourth-order valence-corrected chi connectivity index (χ4v) is 7.62. The first-order valence-electron chi connectivity index (χ1n) is 10.2. The molecule has 5 heteroatoms. The molecular weight excluding hydrogens is 504 g/mol. The number of halogens is 2. The van der Waals surface area contributed by atoms with Crippen LogP contribution >= 0.6 is 34.9 Å². The van der Waals surface area contributed by atoms with Gasteiger partial charge in [0.15, 0.2) is 0 Å². The van der Waals surface area contributed by atoms with Crippen LogP contribution in [0, 0.1) is 0 Å². The van der Waals surface area contributed by atoms with Crippen molar-refractivity contribution in [1.29, 1.82) is 0 Å². The van der Waals surface area contributed by atoms with Gasteiger partial charge in [0.2, 0.25) is 0 Å². The van der Waals surface area contributed by atoms with Crippen molar-refractivity contribution in [3.8, 4) is 0 Å². The van der Waals surface area contributed by atoms with Crippen molar-refractivity contribution in [1.82, 2.24) is 0 Å². The molecule has 0 heterocycles. The number of hydrogen-bond acceptors (Lipinski definition) is 0. The van der Waals surface area contributed by atoms with Gasteiger partial charge in [-0.05, 0) is 47.8 Å². The molecule has 0 radical (unpaired) electrons. The quantitative estimate of drug-likeness (QED) is 0.144. The predicted molar refractivity (Wildman–Crippen MR) is 135 cm³/mol. The molecule has 0 saturated heterocycles. The molecule has 0 saturated carbocycles. The molecule has 0 aromatic rings. The van der Waals surface area contributed by atoms with Gasteiger partial charge < -0.3 is 0 Å². The Labute approximate surface area is 191 Å². The van der Waals surface area contributed by atoms with Crippen LogP contribution in [-0.4, -0.2) is 35.0 Å². The van der Waals surface area contributed by atoms with E-state index in [1.54, 1.807) is 0 Å². The maximum absolute atomic E-state index is 4.81. The molecule has 0 aliphatic heterocycles. The number of allylic oxidation sites excluding steroid dienone is 4. The van der Waals surface area contributed by atoms with E-state index in [0.717, 1.165) is 22.6 Å². The standard InChI is InChI=1S/2C11H23P.2ClH.Pd/c2*1-6-7-8-9-12(10(2)3)11(4)5;;;/h2*7-8,10-11H,6,9H2,1-5H3;2*1H;/q;;;;+2/p-2. The molecular formula is C22H46Cl2P2Pd. The minimum atomic E-state index is -0.106. The third-order valence-corrected chi connectivity index (χ3v) is 10.7. The van der Waals surface area contributed by atoms with Crippen LogP contribution in [0.1, 0.15) is 82.1 Å². The van der Waals surface area contributed by atoms with Gasteiger partial charge in [-0.3, -0.25) is 0 Å². The Bertz CT molecular complexity index is 295. The fraction of sp³-hybridized carbons (Fsp3) is 0.818. The van der Waals surface area contributed by atoms with Crippen molar-refractivity contribution in [2.45, 2.75) is 105 Å². The van der Waals surface area contributed by atoms with Gasteiger partial charge in [0, 0.05) is 0 Å². The molecule has 0 N–H and O–H groups in total. The molecule has 0 spiro atoms. The molecule has 0 amide bonds. The molecule has 0 aliphatic rings. The molecule has 27 heavy (non-hydrogen) atoms. The Morgan fingerprint density at radius 3 is 0.963 bits per heavy atom. The van der Waals surface area contributed by atoms with Crippen molar-refractivity contribution in [2.24, 2.45) is 0 Å². The van der Waals surface area contributed by atoms with E-state index in [1.807, 2.05) is 0 Å². The summed E-state index contributed by atoms with van der Waals surface area (Å²) in [4.78, 5) is 0. The van der Waals surface area contributed by atoms with E-state index in [9.17, 15) is 0 Å². The van der Waals surface area contributed by atoms with E-state index in [1.165, 1.54) is 25.2 Å². The summed E-state index contributed by atoms with van der Waals surface area (Å²) in [6, 6.07) is 0. The third kappa shape index (κ3) is 23.7. The average molecular weight is 550 g/mol. The van der Waals surface area contributed by atoms with Gasteiger partial charge in [0.1, 0.15) is 0 Å². The maximum atomic E-state index is 4.81. The molecule has 0 bridgehead atoms. The van der Waals surface area contributed by atoms with Gasteiger partial charge >= 0.3 is 35.0 Å². The van der Waals surface area contributed by atoms with Gasteiger partial charge in [-0.1, -0.05) is 109 Å². The SMILES string of the molecule is CCC=CCP(C(C)C)C(C)C.CCC=CCP(C(C)C)C(C)C.[Cl][Pd][Cl]. The summed E-state index contributed by atoms with van der Waals surface area (Å²) in [6.07, 6.45) is 14.3. The van der Waals surface area contributed by atoms with Crippen molar-refractivity contribution in [2.75, 3.05) is 12.3 Å². The summed E-state index contributed by atoms with van der Waals surface area (Å²) in [5, 5.41) is 0. The van der Waals surface area contributed by atoms with Crippen LogP contribution in [-0.2, 0) is 15.9 Å². The molecule has 0 aromatic carbocycles. The van der Waals surface area contributed by atoms with Gasteiger partial charge in [-0.15, -0.1) is 0 Å². The molecule has 0 fully saturated rings. The van der Waals surface area contributed by atoms with E-state index in [4.69, 9.17) is 19.1 Å². The third-order valence-electron chi connectivity index (χ3n) is 4.09. The van der Waals surface area contributed by atoms with E-state index < -0.39 is 0 Å². The molecule has 0 rings (SSSR count). The Morgan fingerprint density at radius 2 is 0.815 bits per heavy atom. The van der Waals surface area contributed by atoms with Crippen molar-refractivity contribution in [3.63, 3.8) is 0 Å². The van der Waals surface area contributed by atoms with Crippen LogP contribution in [0.5, 0.6) is 0 Å². The fourth-order valence-electron chi connectivity index (χ4n) is 2.76. The van der Waals surface area contributed by atoms with Gasteiger partial charge in [0.05, 0.1) is 0 Å². The van der Waals surface area contributed by atoms with Crippen molar-refractivity contribution >= 4 is 34.9 Å². The first kappa shape index (κ1) is 33.2. The monoisotopic (exact) mass is 548 g/mol. The second-order valence-corrected chi connectivity index (χ2v) is 16.9. The van der Waals surface area contributed by atoms with E-state index in [-0.39, 0.29) is 31.8 Å². The second-order valence-electron chi connectivity index (χ2n) is 7.57. The summed E-state index contributed by atoms with van der Waals surface area (Å²) < 4.78 is 0. The minimum absolute atomic E-state index is 0.106. The first-order valence-corrected chi connectivity index (χ1v) is 17.6. The van der Waals surface area contributed by atoms with E-state index in [2.05, 4.69) is 93.5 Å². The predicted octanol–water partition coefficient (Wildman–Crippen LogP) is 9.88. The normalized spacial score (nSPS) is 12.1. The van der Waals surface area contributed by atoms with Crippen molar-refractivity contribution < 1.29 is 15.9 Å². The van der Waals surface area contributed by atoms with E-state index >= 15 is 0 Å². The van der Waals surface area contributed by atoms with Crippen LogP contribution < -0.4 is 0 Å². The Balaban J connectivity index is -0.000000372. The summed E-state index contributed by atoms with van der Waals surface area (Å²) in [7, 11) is 10.1. The van der Waals surface area contributed by atoms with Crippen LogP contribution in [0.25, 0.3) is 0 Å². The zero-order valence-corrected chi connectivity index (χ0v) is 24.3. The summed E-state index contributed by atoms with van der Waals surface area (Å²) in [5.74, 6) is 0. The van der Waals surface area contributed by atoms with Crippen LogP contribution in [0.4, 0.5) is 0 Å². The summed E-state index contributed by atoms with van der Waals surface area (Å²) in [5.41, 5.74) is 3.51. The van der Waals surface area contributed by atoms with Gasteiger partial charge in [-0.25, -0.2) is 0 Å². The first-order chi connectivity index (χ1) is 12.6. The van der Waals surface area contributed by atoms with Crippen LogP contribution in [0.3, 0.4) is 0 Å². The Hall–Kier alpha value is 1.58. The van der Waals surface area contributed by atoms with E-state index in [0.29, 0.717) is 0 Å². The zero-order chi connectivity index (χ0) is 21.8. The Kier molecular flexibility index (Phi) is 29.4. The molecule has 0 nitrogen and oxygen atoms in total. The molecule has 0 aromatic heterocycles. The number of rotatable bonds is 10. The average Bonchev–Trinajstić information content (AvgIpc) is 2.55. The molecule has 0 atom stereocenters. The van der Waals surface area contributed by atoms with Crippen molar-refractivity contribution in [3.05, 3.63) is 24.3 Å². The zero-order valence-electron chi connectivity index (χ0n) is 19.4. The molecule has 0 aliphatic carbocycles. The molecule has 0 unspecified atom stereocenters. The van der Waals surface area contributed by atoms with Gasteiger partial charge in [-0.2, -0.15) is 0 Å². The summed E-state index contributed by atoms with van der Waals surface area (Å²) in [6.45, 7) is 23.2. The second kappa shape index (κ2) is 23.9.